The second-order valence-corrected chi connectivity index (χ2v) is 3.11. The van der Waals surface area contributed by atoms with Gasteiger partial charge in [-0.25, -0.2) is 19.6 Å². The van der Waals surface area contributed by atoms with Gasteiger partial charge in [-0.05, 0) is 6.42 Å². The average Bonchev–Trinajstić information content (AvgIpc) is 2.74. The summed E-state index contributed by atoms with van der Waals surface area (Å²) >= 11 is 0. The molecular formula is C9H12N6O. The molecule has 0 aromatic carbocycles. The molecule has 0 bridgehead atoms. The van der Waals surface area contributed by atoms with E-state index in [1.54, 1.807) is 6.07 Å². The maximum absolute atomic E-state index is 5.42. The highest BCUT2D eigenvalue weighted by molar-refractivity contribution is 5.26. The lowest BCUT2D eigenvalue weighted by Crippen LogP contribution is -2.03. The Labute approximate surface area is 92.3 Å². The van der Waals surface area contributed by atoms with Gasteiger partial charge in [0.15, 0.2) is 5.82 Å². The number of aromatic nitrogens is 5. The van der Waals surface area contributed by atoms with Crippen molar-refractivity contribution in [3.63, 3.8) is 0 Å². The van der Waals surface area contributed by atoms with Gasteiger partial charge in [-0.1, -0.05) is 6.92 Å². The summed E-state index contributed by atoms with van der Waals surface area (Å²) in [6.07, 6.45) is 3.83. The number of nitrogen functional groups attached to an aromatic ring is 1. The molecule has 0 aliphatic carbocycles. The van der Waals surface area contributed by atoms with Crippen molar-refractivity contribution in [3.8, 4) is 11.7 Å². The predicted octanol–water partition coefficient (Wildman–Crippen LogP) is 0.428. The monoisotopic (exact) mass is 220 g/mol. The van der Waals surface area contributed by atoms with E-state index in [2.05, 4.69) is 20.1 Å². The number of rotatable bonds is 4. The fourth-order valence-corrected chi connectivity index (χ4v) is 1.13. The van der Waals surface area contributed by atoms with E-state index in [0.717, 1.165) is 6.42 Å². The summed E-state index contributed by atoms with van der Waals surface area (Å²) in [6.45, 7) is 2.65. The molecule has 2 aromatic rings. The molecule has 84 valence electrons. The smallest absolute Gasteiger partial charge is 0.239 e. The van der Waals surface area contributed by atoms with Crippen molar-refractivity contribution in [1.29, 1.82) is 0 Å². The minimum atomic E-state index is 0.203. The molecule has 0 fully saturated rings. The Morgan fingerprint density at radius 1 is 1.38 bits per heavy atom. The van der Waals surface area contributed by atoms with Gasteiger partial charge in [0.2, 0.25) is 11.8 Å². The Hall–Kier alpha value is -2.18. The van der Waals surface area contributed by atoms with Crippen LogP contribution in [-0.4, -0.2) is 31.3 Å². The third-order valence-corrected chi connectivity index (χ3v) is 1.83. The van der Waals surface area contributed by atoms with E-state index < -0.39 is 0 Å². The fraction of sp³-hybridized carbons (Fsp3) is 0.333. The van der Waals surface area contributed by atoms with Crippen molar-refractivity contribution in [2.75, 3.05) is 12.3 Å². The van der Waals surface area contributed by atoms with Gasteiger partial charge in [0.05, 0.1) is 6.61 Å². The van der Waals surface area contributed by atoms with Crippen molar-refractivity contribution in [1.82, 2.24) is 24.7 Å². The minimum absolute atomic E-state index is 0.203. The first kappa shape index (κ1) is 10.3. The minimum Gasteiger partial charge on any atom is -0.478 e. The van der Waals surface area contributed by atoms with Crippen LogP contribution in [0.15, 0.2) is 18.7 Å². The summed E-state index contributed by atoms with van der Waals surface area (Å²) in [7, 11) is 0. The largest absolute Gasteiger partial charge is 0.478 e. The van der Waals surface area contributed by atoms with Crippen molar-refractivity contribution in [2.24, 2.45) is 0 Å². The van der Waals surface area contributed by atoms with Crippen LogP contribution < -0.4 is 10.5 Å². The van der Waals surface area contributed by atoms with Crippen LogP contribution in [-0.2, 0) is 0 Å². The zero-order chi connectivity index (χ0) is 11.4. The van der Waals surface area contributed by atoms with E-state index in [9.17, 15) is 0 Å². The van der Waals surface area contributed by atoms with Crippen LogP contribution in [0.4, 0.5) is 5.95 Å². The first-order chi connectivity index (χ1) is 7.79. The standard InChI is InChI=1S/C9H12N6O/c1-2-3-16-8-4-7(11-5-12-8)15-6-13-9(10)14-15/h4-6H,2-3H2,1H3,(H2,10,14). The van der Waals surface area contributed by atoms with Gasteiger partial charge in [0.25, 0.3) is 0 Å². The number of nitrogens with two attached hydrogens (primary N) is 1. The van der Waals surface area contributed by atoms with Crippen molar-refractivity contribution in [3.05, 3.63) is 18.7 Å². The van der Waals surface area contributed by atoms with Crippen molar-refractivity contribution >= 4 is 5.95 Å². The third kappa shape index (κ3) is 2.25. The maximum atomic E-state index is 5.42. The molecule has 0 amide bonds. The summed E-state index contributed by atoms with van der Waals surface area (Å²) in [5.41, 5.74) is 5.42. The molecule has 2 heterocycles. The third-order valence-electron chi connectivity index (χ3n) is 1.83. The Morgan fingerprint density at radius 2 is 2.25 bits per heavy atom. The Kier molecular flexibility index (Phi) is 2.95. The second kappa shape index (κ2) is 4.56. The van der Waals surface area contributed by atoms with Gasteiger partial charge < -0.3 is 10.5 Å². The molecule has 2 aromatic heterocycles. The van der Waals surface area contributed by atoms with E-state index in [4.69, 9.17) is 10.5 Å². The lowest BCUT2D eigenvalue weighted by Gasteiger charge is -2.04. The number of nitrogens with zero attached hydrogens (tertiary/aromatic N) is 5. The van der Waals surface area contributed by atoms with E-state index in [0.29, 0.717) is 18.3 Å². The van der Waals surface area contributed by atoms with Crippen molar-refractivity contribution in [2.45, 2.75) is 13.3 Å². The van der Waals surface area contributed by atoms with Crippen LogP contribution in [0.3, 0.4) is 0 Å². The molecular weight excluding hydrogens is 208 g/mol. The fourth-order valence-electron chi connectivity index (χ4n) is 1.13. The zero-order valence-corrected chi connectivity index (χ0v) is 8.87. The molecule has 7 heteroatoms. The number of ether oxygens (including phenoxy) is 1. The number of anilines is 1. The molecule has 0 unspecified atom stereocenters. The summed E-state index contributed by atoms with van der Waals surface area (Å²) < 4.78 is 6.85. The Bertz CT molecular complexity index is 469. The lowest BCUT2D eigenvalue weighted by molar-refractivity contribution is 0.304. The number of hydrogen-bond donors (Lipinski definition) is 1. The van der Waals surface area contributed by atoms with Crippen LogP contribution in [0.1, 0.15) is 13.3 Å². The van der Waals surface area contributed by atoms with E-state index in [-0.39, 0.29) is 5.95 Å². The first-order valence-electron chi connectivity index (χ1n) is 4.92. The molecule has 0 saturated heterocycles. The van der Waals surface area contributed by atoms with Crippen LogP contribution in [0.25, 0.3) is 5.82 Å². The van der Waals surface area contributed by atoms with E-state index >= 15 is 0 Å². The van der Waals surface area contributed by atoms with E-state index in [1.165, 1.54) is 17.3 Å². The van der Waals surface area contributed by atoms with Gasteiger partial charge in [0, 0.05) is 6.07 Å². The first-order valence-corrected chi connectivity index (χ1v) is 4.92. The quantitative estimate of drug-likeness (QED) is 0.803. The molecule has 0 aliphatic rings. The molecule has 0 spiro atoms. The van der Waals surface area contributed by atoms with Gasteiger partial charge >= 0.3 is 0 Å². The Balaban J connectivity index is 2.22. The van der Waals surface area contributed by atoms with Gasteiger partial charge in [-0.2, -0.15) is 0 Å². The second-order valence-electron chi connectivity index (χ2n) is 3.11. The highest BCUT2D eigenvalue weighted by atomic mass is 16.5. The summed E-state index contributed by atoms with van der Waals surface area (Å²) in [5.74, 6) is 1.29. The normalized spacial score (nSPS) is 10.3. The topological polar surface area (TPSA) is 91.7 Å². The summed E-state index contributed by atoms with van der Waals surface area (Å²) in [5, 5.41) is 3.94. The van der Waals surface area contributed by atoms with Crippen LogP contribution in [0.5, 0.6) is 5.88 Å². The van der Waals surface area contributed by atoms with E-state index in [1.807, 2.05) is 6.92 Å². The summed E-state index contributed by atoms with van der Waals surface area (Å²) in [6, 6.07) is 1.68. The zero-order valence-electron chi connectivity index (χ0n) is 8.87. The van der Waals surface area contributed by atoms with Crippen molar-refractivity contribution < 1.29 is 4.74 Å². The molecule has 0 radical (unpaired) electrons. The van der Waals surface area contributed by atoms with Crippen LogP contribution >= 0.6 is 0 Å². The molecule has 7 nitrogen and oxygen atoms in total. The molecule has 0 atom stereocenters. The predicted molar refractivity (Wildman–Crippen MR) is 57.1 cm³/mol. The van der Waals surface area contributed by atoms with Crippen LogP contribution in [0, 0.1) is 0 Å². The van der Waals surface area contributed by atoms with Gasteiger partial charge in [0.1, 0.15) is 12.7 Å². The highest BCUT2D eigenvalue weighted by Gasteiger charge is 2.03. The lowest BCUT2D eigenvalue weighted by atomic mass is 10.5. The molecule has 2 rings (SSSR count). The number of hydrogen-bond acceptors (Lipinski definition) is 6. The highest BCUT2D eigenvalue weighted by Crippen LogP contribution is 2.10. The van der Waals surface area contributed by atoms with Gasteiger partial charge in [-0.3, -0.25) is 0 Å². The SMILES string of the molecule is CCCOc1cc(-n2cnc(N)n2)ncn1. The maximum Gasteiger partial charge on any atom is 0.239 e. The molecule has 0 aliphatic heterocycles. The van der Waals surface area contributed by atoms with Crippen LogP contribution in [0.2, 0.25) is 0 Å². The summed E-state index contributed by atoms with van der Waals surface area (Å²) in [4.78, 5) is 11.8. The molecule has 2 N–H and O–H groups in total. The Morgan fingerprint density at radius 3 is 2.94 bits per heavy atom. The average molecular weight is 220 g/mol. The molecule has 0 saturated carbocycles. The van der Waals surface area contributed by atoms with Gasteiger partial charge in [-0.15, -0.1) is 5.10 Å². The molecule has 16 heavy (non-hydrogen) atoms.